The molecule has 2 aromatic carbocycles. The van der Waals surface area contributed by atoms with Crippen molar-refractivity contribution in [3.63, 3.8) is 0 Å². The Morgan fingerprint density at radius 3 is 2.62 bits per heavy atom. The van der Waals surface area contributed by atoms with Gasteiger partial charge in [-0.2, -0.15) is 5.26 Å². The second-order valence-electron chi connectivity index (χ2n) is 7.49. The molecule has 6 heteroatoms. The summed E-state index contributed by atoms with van der Waals surface area (Å²) in [5.41, 5.74) is 3.38. The number of amides is 1. The summed E-state index contributed by atoms with van der Waals surface area (Å²) in [4.78, 5) is 14.8. The molecule has 4 rings (SSSR count). The van der Waals surface area contributed by atoms with Crippen LogP contribution in [-0.2, 0) is 4.79 Å². The molecule has 0 unspecified atom stereocenters. The Kier molecular flexibility index (Phi) is 5.30. The first-order valence-corrected chi connectivity index (χ1v) is 9.90. The Morgan fingerprint density at radius 1 is 1.17 bits per heavy atom. The number of likely N-dealkylation sites (tertiary alicyclic amines) is 1. The highest BCUT2D eigenvalue weighted by atomic mass is 16.6. The molecule has 0 N–H and O–H groups in total. The molecule has 150 valence electrons. The lowest BCUT2D eigenvalue weighted by Gasteiger charge is -2.27. The number of hydrogen-bond donors (Lipinski definition) is 0. The fourth-order valence-electron chi connectivity index (χ4n) is 4.14. The average Bonchev–Trinajstić information content (AvgIpc) is 3.22. The zero-order valence-corrected chi connectivity index (χ0v) is 16.7. The van der Waals surface area contributed by atoms with Crippen LogP contribution in [0.5, 0.6) is 17.2 Å². The van der Waals surface area contributed by atoms with Crippen LogP contribution in [0.1, 0.15) is 41.1 Å². The van der Waals surface area contributed by atoms with E-state index in [4.69, 9.17) is 19.5 Å². The minimum atomic E-state index is -0.0365. The quantitative estimate of drug-likeness (QED) is 0.794. The Morgan fingerprint density at radius 2 is 1.90 bits per heavy atom. The van der Waals surface area contributed by atoms with Crippen molar-refractivity contribution < 1.29 is 19.0 Å². The first-order chi connectivity index (χ1) is 14.1. The van der Waals surface area contributed by atoms with Crippen LogP contribution in [0.25, 0.3) is 0 Å². The maximum absolute atomic E-state index is 12.9. The molecular weight excluding hydrogens is 368 g/mol. The number of nitrogens with zero attached hydrogens (tertiary/aromatic N) is 2. The molecule has 1 fully saturated rings. The van der Waals surface area contributed by atoms with Crippen molar-refractivity contribution in [2.75, 3.05) is 26.4 Å². The van der Waals surface area contributed by atoms with Gasteiger partial charge in [-0.05, 0) is 67.6 Å². The molecule has 0 spiro atoms. The predicted octanol–water partition coefficient (Wildman–Crippen LogP) is 3.69. The van der Waals surface area contributed by atoms with E-state index in [-0.39, 0.29) is 18.6 Å². The standard InChI is InChI=1S/C23H24N2O4/c1-15-10-17(13-24)11-16(2)23(15)29-14-22(26)25-7-3-4-19(25)18-5-6-20-21(12-18)28-9-8-27-20/h5-6,10-12,19H,3-4,7-9,14H2,1-2H3/t19-/m1/s1. The number of carbonyl (C=O) groups excluding carboxylic acids is 1. The van der Waals surface area contributed by atoms with Crippen molar-refractivity contribution in [3.05, 3.63) is 52.6 Å². The average molecular weight is 392 g/mol. The van der Waals surface area contributed by atoms with E-state index in [1.807, 2.05) is 36.9 Å². The molecule has 6 nitrogen and oxygen atoms in total. The fourth-order valence-corrected chi connectivity index (χ4v) is 4.14. The largest absolute Gasteiger partial charge is 0.486 e. The first-order valence-electron chi connectivity index (χ1n) is 9.90. The van der Waals surface area contributed by atoms with E-state index < -0.39 is 0 Å². The van der Waals surface area contributed by atoms with Gasteiger partial charge in [0.1, 0.15) is 19.0 Å². The Bertz CT molecular complexity index is 956. The van der Waals surface area contributed by atoms with Crippen LogP contribution in [-0.4, -0.2) is 37.2 Å². The maximum Gasteiger partial charge on any atom is 0.261 e. The highest BCUT2D eigenvalue weighted by Gasteiger charge is 2.31. The smallest absolute Gasteiger partial charge is 0.261 e. The van der Waals surface area contributed by atoms with E-state index in [9.17, 15) is 4.79 Å². The normalized spacial score (nSPS) is 17.7. The number of carbonyl (C=O) groups is 1. The molecular formula is C23H24N2O4. The number of rotatable bonds is 4. The number of fused-ring (bicyclic) bond motifs is 1. The van der Waals surface area contributed by atoms with Crippen LogP contribution in [0.2, 0.25) is 0 Å². The molecule has 29 heavy (non-hydrogen) atoms. The molecule has 0 saturated carbocycles. The Hall–Kier alpha value is -3.20. The summed E-state index contributed by atoms with van der Waals surface area (Å²) < 4.78 is 17.2. The summed E-state index contributed by atoms with van der Waals surface area (Å²) in [6, 6.07) is 11.6. The van der Waals surface area contributed by atoms with Gasteiger partial charge in [0.15, 0.2) is 18.1 Å². The van der Waals surface area contributed by atoms with Crippen LogP contribution in [0.3, 0.4) is 0 Å². The van der Waals surface area contributed by atoms with Crippen LogP contribution in [0.15, 0.2) is 30.3 Å². The number of benzene rings is 2. The topological polar surface area (TPSA) is 71.8 Å². The van der Waals surface area contributed by atoms with Crippen molar-refractivity contribution >= 4 is 5.91 Å². The third-order valence-corrected chi connectivity index (χ3v) is 5.45. The van der Waals surface area contributed by atoms with Crippen LogP contribution >= 0.6 is 0 Å². The molecule has 2 aliphatic heterocycles. The minimum Gasteiger partial charge on any atom is -0.486 e. The zero-order chi connectivity index (χ0) is 20.4. The lowest BCUT2D eigenvalue weighted by molar-refractivity contribution is -0.134. The summed E-state index contributed by atoms with van der Waals surface area (Å²) in [6.07, 6.45) is 1.88. The second kappa shape index (κ2) is 8.04. The predicted molar refractivity (Wildman–Crippen MR) is 107 cm³/mol. The first kappa shape index (κ1) is 19.1. The number of nitriles is 1. The molecule has 1 amide bonds. The highest BCUT2D eigenvalue weighted by molar-refractivity contribution is 5.78. The van der Waals surface area contributed by atoms with E-state index >= 15 is 0 Å². The van der Waals surface area contributed by atoms with E-state index in [1.165, 1.54) is 0 Å². The van der Waals surface area contributed by atoms with E-state index in [0.717, 1.165) is 41.0 Å². The van der Waals surface area contributed by atoms with Gasteiger partial charge in [0.05, 0.1) is 17.7 Å². The second-order valence-corrected chi connectivity index (χ2v) is 7.49. The van der Waals surface area contributed by atoms with Crippen LogP contribution < -0.4 is 14.2 Å². The van der Waals surface area contributed by atoms with Crippen molar-refractivity contribution in [1.29, 1.82) is 5.26 Å². The number of hydrogen-bond acceptors (Lipinski definition) is 5. The van der Waals surface area contributed by atoms with Gasteiger partial charge in [-0.3, -0.25) is 4.79 Å². The van der Waals surface area contributed by atoms with Gasteiger partial charge in [0.2, 0.25) is 0 Å². The third-order valence-electron chi connectivity index (χ3n) is 5.45. The minimum absolute atomic E-state index is 0.0186. The number of ether oxygens (including phenoxy) is 3. The van der Waals surface area contributed by atoms with Crippen molar-refractivity contribution in [1.82, 2.24) is 4.90 Å². The monoisotopic (exact) mass is 392 g/mol. The van der Waals surface area contributed by atoms with Crippen molar-refractivity contribution in [3.8, 4) is 23.3 Å². The van der Waals surface area contributed by atoms with Crippen molar-refractivity contribution in [2.45, 2.75) is 32.7 Å². The zero-order valence-electron chi connectivity index (χ0n) is 16.7. The van der Waals surface area contributed by atoms with Gasteiger partial charge in [-0.25, -0.2) is 0 Å². The molecule has 2 aliphatic rings. The van der Waals surface area contributed by atoms with E-state index in [2.05, 4.69) is 6.07 Å². The van der Waals surface area contributed by atoms with Gasteiger partial charge in [0.25, 0.3) is 5.91 Å². The van der Waals surface area contributed by atoms with Crippen LogP contribution in [0, 0.1) is 25.2 Å². The molecule has 2 aromatic rings. The molecule has 1 atom stereocenters. The van der Waals surface area contributed by atoms with Gasteiger partial charge >= 0.3 is 0 Å². The van der Waals surface area contributed by atoms with Crippen molar-refractivity contribution in [2.24, 2.45) is 0 Å². The molecule has 1 saturated heterocycles. The maximum atomic E-state index is 12.9. The van der Waals surface area contributed by atoms with Gasteiger partial charge in [-0.1, -0.05) is 6.07 Å². The van der Waals surface area contributed by atoms with Gasteiger partial charge < -0.3 is 19.1 Å². The molecule has 0 aliphatic carbocycles. The van der Waals surface area contributed by atoms with E-state index in [0.29, 0.717) is 31.1 Å². The SMILES string of the molecule is Cc1cc(C#N)cc(C)c1OCC(=O)N1CCC[C@@H]1c1ccc2c(c1)OCCO2. The molecule has 2 heterocycles. The van der Waals surface area contributed by atoms with Gasteiger partial charge in [-0.15, -0.1) is 0 Å². The fraction of sp³-hybridized carbons (Fsp3) is 0.391. The molecule has 0 bridgehead atoms. The highest BCUT2D eigenvalue weighted by Crippen LogP contribution is 2.38. The lowest BCUT2D eigenvalue weighted by atomic mass is 10.0. The van der Waals surface area contributed by atoms with Crippen LogP contribution in [0.4, 0.5) is 0 Å². The third kappa shape index (κ3) is 3.86. The Labute approximate surface area is 170 Å². The van der Waals surface area contributed by atoms with E-state index in [1.54, 1.807) is 12.1 Å². The lowest BCUT2D eigenvalue weighted by Crippen LogP contribution is -2.34. The number of aryl methyl sites for hydroxylation is 2. The molecule has 0 radical (unpaired) electrons. The summed E-state index contributed by atoms with van der Waals surface area (Å²) in [7, 11) is 0. The summed E-state index contributed by atoms with van der Waals surface area (Å²) >= 11 is 0. The summed E-state index contributed by atoms with van der Waals surface area (Å²) in [5, 5.41) is 9.08. The molecule has 0 aromatic heterocycles. The Balaban J connectivity index is 1.47. The summed E-state index contributed by atoms with van der Waals surface area (Å²) in [5.74, 6) is 2.14. The summed E-state index contributed by atoms with van der Waals surface area (Å²) in [6.45, 7) is 5.58. The van der Waals surface area contributed by atoms with Gasteiger partial charge in [0, 0.05) is 6.54 Å².